The SMILES string of the molecule is CS(=O)(=O)Nc1cc(OC(F)(F)F)ccc1C(=O)O. The number of carboxylic acids is 1. The number of ether oxygens (including phenoxy) is 1. The fourth-order valence-corrected chi connectivity index (χ4v) is 1.76. The van der Waals surface area contributed by atoms with E-state index >= 15 is 0 Å². The van der Waals surface area contributed by atoms with Crippen molar-refractivity contribution in [3.8, 4) is 5.75 Å². The minimum absolute atomic E-state index is 0.500. The van der Waals surface area contributed by atoms with Crippen LogP contribution in [0.25, 0.3) is 0 Å². The number of benzene rings is 1. The number of aromatic carboxylic acids is 1. The molecule has 0 aliphatic heterocycles. The predicted octanol–water partition coefficient (Wildman–Crippen LogP) is 1.65. The first-order valence-corrected chi connectivity index (χ1v) is 6.48. The maximum atomic E-state index is 12.0. The number of carbonyl (C=O) groups is 1. The van der Waals surface area contributed by atoms with Gasteiger partial charge >= 0.3 is 12.3 Å². The Bertz CT molecular complexity index is 596. The zero-order chi connectivity index (χ0) is 14.8. The van der Waals surface area contributed by atoms with E-state index in [-0.39, 0.29) is 0 Å². The summed E-state index contributed by atoms with van der Waals surface area (Å²) in [6.45, 7) is 0. The lowest BCUT2D eigenvalue weighted by Crippen LogP contribution is -2.18. The maximum absolute atomic E-state index is 12.0. The highest BCUT2D eigenvalue weighted by molar-refractivity contribution is 7.92. The highest BCUT2D eigenvalue weighted by Crippen LogP contribution is 2.28. The Morgan fingerprint density at radius 1 is 1.37 bits per heavy atom. The average Bonchev–Trinajstić information content (AvgIpc) is 2.11. The predicted molar refractivity (Wildman–Crippen MR) is 58.6 cm³/mol. The van der Waals surface area contributed by atoms with Gasteiger partial charge in [0, 0.05) is 6.07 Å². The molecule has 0 unspecified atom stereocenters. The quantitative estimate of drug-likeness (QED) is 0.882. The van der Waals surface area contributed by atoms with Crippen molar-refractivity contribution in [2.75, 3.05) is 11.0 Å². The molecule has 0 aliphatic carbocycles. The first-order chi connectivity index (χ1) is 8.48. The molecule has 6 nitrogen and oxygen atoms in total. The van der Waals surface area contributed by atoms with E-state index in [4.69, 9.17) is 5.11 Å². The topological polar surface area (TPSA) is 92.7 Å². The van der Waals surface area contributed by atoms with E-state index in [1.54, 1.807) is 4.72 Å². The summed E-state index contributed by atoms with van der Waals surface area (Å²) in [5, 5.41) is 8.79. The molecule has 0 fully saturated rings. The molecule has 10 heteroatoms. The summed E-state index contributed by atoms with van der Waals surface area (Å²) in [4.78, 5) is 10.8. The van der Waals surface area contributed by atoms with Crippen molar-refractivity contribution in [3.05, 3.63) is 23.8 Å². The first kappa shape index (κ1) is 15.1. The van der Waals surface area contributed by atoms with Gasteiger partial charge in [0.1, 0.15) is 5.75 Å². The number of halogens is 3. The molecule has 0 amide bonds. The van der Waals surface area contributed by atoms with Crippen molar-refractivity contribution < 1.29 is 36.2 Å². The number of sulfonamides is 1. The Kier molecular flexibility index (Phi) is 3.94. The molecule has 1 rings (SSSR count). The van der Waals surface area contributed by atoms with Crippen molar-refractivity contribution in [1.82, 2.24) is 0 Å². The molecular weight excluding hydrogens is 291 g/mol. The average molecular weight is 299 g/mol. The Hall–Kier alpha value is -1.97. The Morgan fingerprint density at radius 2 is 1.95 bits per heavy atom. The number of rotatable bonds is 4. The monoisotopic (exact) mass is 299 g/mol. The largest absolute Gasteiger partial charge is 0.573 e. The minimum Gasteiger partial charge on any atom is -0.478 e. The second kappa shape index (κ2) is 4.96. The molecule has 0 saturated carbocycles. The van der Waals surface area contributed by atoms with Crippen LogP contribution in [0.5, 0.6) is 5.75 Å². The second-order valence-corrected chi connectivity index (χ2v) is 5.18. The number of carboxylic acid groups (broad SMARTS) is 1. The third kappa shape index (κ3) is 5.04. The van der Waals surface area contributed by atoms with Crippen LogP contribution in [0.15, 0.2) is 18.2 Å². The molecule has 0 bridgehead atoms. The fourth-order valence-electron chi connectivity index (χ4n) is 1.19. The van der Waals surface area contributed by atoms with Crippen LogP contribution in [0.2, 0.25) is 0 Å². The molecule has 106 valence electrons. The Balaban J connectivity index is 3.22. The molecule has 1 aromatic rings. The van der Waals surface area contributed by atoms with Gasteiger partial charge in [0.25, 0.3) is 0 Å². The minimum atomic E-state index is -4.97. The highest BCUT2D eigenvalue weighted by atomic mass is 32.2. The summed E-state index contributed by atoms with van der Waals surface area (Å²) >= 11 is 0. The molecule has 0 spiro atoms. The van der Waals surface area contributed by atoms with Crippen molar-refractivity contribution in [2.45, 2.75) is 6.36 Å². The van der Waals surface area contributed by atoms with Crippen LogP contribution in [0.3, 0.4) is 0 Å². The van der Waals surface area contributed by atoms with Crippen molar-refractivity contribution in [3.63, 3.8) is 0 Å². The highest BCUT2D eigenvalue weighted by Gasteiger charge is 2.31. The van der Waals surface area contributed by atoms with Crippen LogP contribution in [0.1, 0.15) is 10.4 Å². The van der Waals surface area contributed by atoms with E-state index in [2.05, 4.69) is 4.74 Å². The lowest BCUT2D eigenvalue weighted by molar-refractivity contribution is -0.274. The van der Waals surface area contributed by atoms with Crippen LogP contribution in [0.4, 0.5) is 18.9 Å². The molecule has 0 heterocycles. The van der Waals surface area contributed by atoms with Gasteiger partial charge in [-0.25, -0.2) is 13.2 Å². The lowest BCUT2D eigenvalue weighted by atomic mass is 10.2. The molecule has 0 saturated heterocycles. The third-order valence-electron chi connectivity index (χ3n) is 1.75. The van der Waals surface area contributed by atoms with Gasteiger partial charge in [-0.15, -0.1) is 13.2 Å². The molecule has 2 N–H and O–H groups in total. The molecular formula is C9H8F3NO5S. The first-order valence-electron chi connectivity index (χ1n) is 4.59. The number of hydrogen-bond donors (Lipinski definition) is 2. The number of hydrogen-bond acceptors (Lipinski definition) is 4. The van der Waals surface area contributed by atoms with Gasteiger partial charge in [0.15, 0.2) is 0 Å². The summed E-state index contributed by atoms with van der Waals surface area (Å²) < 4.78 is 63.4. The van der Waals surface area contributed by atoms with Crippen LogP contribution in [-0.2, 0) is 10.0 Å². The van der Waals surface area contributed by atoms with Crippen molar-refractivity contribution >= 4 is 21.7 Å². The van der Waals surface area contributed by atoms with Gasteiger partial charge in [-0.3, -0.25) is 4.72 Å². The summed E-state index contributed by atoms with van der Waals surface area (Å²) in [5.41, 5.74) is -1.02. The third-order valence-corrected chi connectivity index (χ3v) is 2.34. The summed E-state index contributed by atoms with van der Waals surface area (Å²) in [7, 11) is -3.84. The van der Waals surface area contributed by atoms with Gasteiger partial charge in [-0.2, -0.15) is 0 Å². The van der Waals surface area contributed by atoms with Crippen LogP contribution >= 0.6 is 0 Å². The molecule has 0 radical (unpaired) electrons. The summed E-state index contributed by atoms with van der Waals surface area (Å²) in [5.74, 6) is -2.23. The zero-order valence-corrected chi connectivity index (χ0v) is 10.2. The van der Waals surface area contributed by atoms with E-state index < -0.39 is 39.4 Å². The van der Waals surface area contributed by atoms with E-state index in [0.717, 1.165) is 18.4 Å². The van der Waals surface area contributed by atoms with E-state index in [1.165, 1.54) is 0 Å². The van der Waals surface area contributed by atoms with E-state index in [9.17, 15) is 26.4 Å². The Morgan fingerprint density at radius 3 is 2.37 bits per heavy atom. The van der Waals surface area contributed by atoms with Crippen molar-refractivity contribution in [1.29, 1.82) is 0 Å². The van der Waals surface area contributed by atoms with Gasteiger partial charge in [0.2, 0.25) is 10.0 Å². The number of anilines is 1. The maximum Gasteiger partial charge on any atom is 0.573 e. The molecule has 0 aliphatic rings. The van der Waals surface area contributed by atoms with Crippen LogP contribution in [-0.4, -0.2) is 32.1 Å². The van der Waals surface area contributed by atoms with Gasteiger partial charge in [0.05, 0.1) is 17.5 Å². The zero-order valence-electron chi connectivity index (χ0n) is 9.35. The van der Waals surface area contributed by atoms with Gasteiger partial charge in [-0.1, -0.05) is 0 Å². The normalized spacial score (nSPS) is 12.0. The van der Waals surface area contributed by atoms with Crippen molar-refractivity contribution in [2.24, 2.45) is 0 Å². The number of nitrogens with one attached hydrogen (secondary N) is 1. The fraction of sp³-hybridized carbons (Fsp3) is 0.222. The van der Waals surface area contributed by atoms with Crippen LogP contribution < -0.4 is 9.46 Å². The number of alkyl halides is 3. The molecule has 19 heavy (non-hydrogen) atoms. The molecule has 0 aromatic heterocycles. The molecule has 1 aromatic carbocycles. The van der Waals surface area contributed by atoms with Gasteiger partial charge < -0.3 is 9.84 Å². The summed E-state index contributed by atoms with van der Waals surface area (Å²) in [6, 6.07) is 2.21. The van der Waals surface area contributed by atoms with Gasteiger partial charge in [-0.05, 0) is 12.1 Å². The lowest BCUT2D eigenvalue weighted by Gasteiger charge is -2.12. The Labute approximate surface area is 105 Å². The van der Waals surface area contributed by atoms with E-state index in [0.29, 0.717) is 6.07 Å². The standard InChI is InChI=1S/C9H8F3NO5S/c1-19(16,17)13-7-4-5(18-9(10,11)12)2-3-6(7)8(14)15/h2-4,13H,1H3,(H,14,15). The molecule has 0 atom stereocenters. The van der Waals surface area contributed by atoms with E-state index in [1.807, 2.05) is 0 Å². The summed E-state index contributed by atoms with van der Waals surface area (Å²) in [6.07, 6.45) is -4.23. The van der Waals surface area contributed by atoms with Crippen LogP contribution in [0, 0.1) is 0 Å². The second-order valence-electron chi connectivity index (χ2n) is 3.43. The smallest absolute Gasteiger partial charge is 0.478 e.